The number of hydrogen-bond donors (Lipinski definition) is 1. The molecule has 1 aliphatic rings. The SMILES string of the molecule is Cc1cccc(CN)c1N1CCCC(N(C)C)C1. The Kier molecular flexibility index (Phi) is 4.25. The van der Waals surface area contributed by atoms with E-state index in [0.29, 0.717) is 12.6 Å². The summed E-state index contributed by atoms with van der Waals surface area (Å²) in [4.78, 5) is 4.86. The molecule has 2 N–H and O–H groups in total. The molecule has 1 unspecified atom stereocenters. The summed E-state index contributed by atoms with van der Waals surface area (Å²) in [6.07, 6.45) is 2.56. The quantitative estimate of drug-likeness (QED) is 0.886. The molecule has 0 aromatic heterocycles. The van der Waals surface area contributed by atoms with Crippen molar-refractivity contribution in [3.05, 3.63) is 29.3 Å². The van der Waals surface area contributed by atoms with Gasteiger partial charge in [-0.1, -0.05) is 18.2 Å². The van der Waals surface area contributed by atoms with Crippen LogP contribution in [0.1, 0.15) is 24.0 Å². The highest BCUT2D eigenvalue weighted by Gasteiger charge is 2.23. The van der Waals surface area contributed by atoms with Crippen LogP contribution in [0.15, 0.2) is 18.2 Å². The first-order chi connectivity index (χ1) is 8.63. The fraction of sp³-hybridized carbons (Fsp3) is 0.600. The Bertz CT molecular complexity index is 401. The van der Waals surface area contributed by atoms with Gasteiger partial charge in [0.05, 0.1) is 0 Å². The van der Waals surface area contributed by atoms with E-state index in [1.54, 1.807) is 0 Å². The molecule has 0 spiro atoms. The zero-order valence-electron chi connectivity index (χ0n) is 11.8. The highest BCUT2D eigenvalue weighted by atomic mass is 15.2. The maximum atomic E-state index is 5.88. The highest BCUT2D eigenvalue weighted by Crippen LogP contribution is 2.28. The van der Waals surface area contributed by atoms with Crippen molar-refractivity contribution in [3.8, 4) is 0 Å². The predicted molar refractivity (Wildman–Crippen MR) is 78.0 cm³/mol. The summed E-state index contributed by atoms with van der Waals surface area (Å²) in [6.45, 7) is 5.08. The molecule has 1 aromatic carbocycles. The molecule has 100 valence electrons. The molecule has 1 heterocycles. The standard InChI is InChI=1S/C15H25N3/c1-12-6-4-7-13(10-16)15(12)18-9-5-8-14(11-18)17(2)3/h4,6-7,14H,5,8-11,16H2,1-3H3. The molecule has 0 bridgehead atoms. The average Bonchev–Trinajstić information content (AvgIpc) is 2.38. The Balaban J connectivity index is 2.25. The second-order valence-corrected chi connectivity index (χ2v) is 5.49. The van der Waals surface area contributed by atoms with Gasteiger partial charge >= 0.3 is 0 Å². The zero-order valence-corrected chi connectivity index (χ0v) is 11.8. The number of anilines is 1. The van der Waals surface area contributed by atoms with Crippen LogP contribution >= 0.6 is 0 Å². The molecule has 1 aliphatic heterocycles. The van der Waals surface area contributed by atoms with Gasteiger partial charge in [0.25, 0.3) is 0 Å². The first-order valence-corrected chi connectivity index (χ1v) is 6.83. The first-order valence-electron chi connectivity index (χ1n) is 6.83. The molecule has 18 heavy (non-hydrogen) atoms. The van der Waals surface area contributed by atoms with E-state index in [0.717, 1.165) is 13.1 Å². The van der Waals surface area contributed by atoms with Crippen LogP contribution < -0.4 is 10.6 Å². The Morgan fingerprint density at radius 2 is 2.17 bits per heavy atom. The van der Waals surface area contributed by atoms with Crippen LogP contribution in [-0.2, 0) is 6.54 Å². The number of nitrogens with zero attached hydrogens (tertiary/aromatic N) is 2. The number of nitrogens with two attached hydrogens (primary N) is 1. The van der Waals surface area contributed by atoms with E-state index >= 15 is 0 Å². The molecule has 1 aromatic rings. The summed E-state index contributed by atoms with van der Waals surface area (Å²) in [5.41, 5.74) is 9.87. The number of rotatable bonds is 3. The Morgan fingerprint density at radius 1 is 1.39 bits per heavy atom. The summed E-state index contributed by atoms with van der Waals surface area (Å²) in [5, 5.41) is 0. The summed E-state index contributed by atoms with van der Waals surface area (Å²) < 4.78 is 0. The summed E-state index contributed by atoms with van der Waals surface area (Å²) >= 11 is 0. The third-order valence-electron chi connectivity index (χ3n) is 3.98. The average molecular weight is 247 g/mol. The van der Waals surface area contributed by atoms with Gasteiger partial charge in [-0.3, -0.25) is 0 Å². The normalized spacial score (nSPS) is 20.5. The van der Waals surface area contributed by atoms with E-state index in [1.165, 1.54) is 29.7 Å². The van der Waals surface area contributed by atoms with Crippen LogP contribution in [0.5, 0.6) is 0 Å². The van der Waals surface area contributed by atoms with Crippen molar-refractivity contribution in [3.63, 3.8) is 0 Å². The number of benzene rings is 1. The Morgan fingerprint density at radius 3 is 2.83 bits per heavy atom. The molecule has 0 amide bonds. The van der Waals surface area contributed by atoms with Crippen molar-refractivity contribution in [2.45, 2.75) is 32.4 Å². The van der Waals surface area contributed by atoms with Crippen molar-refractivity contribution in [1.82, 2.24) is 4.90 Å². The van der Waals surface area contributed by atoms with E-state index in [9.17, 15) is 0 Å². The second-order valence-electron chi connectivity index (χ2n) is 5.49. The topological polar surface area (TPSA) is 32.5 Å². The van der Waals surface area contributed by atoms with Gasteiger partial charge in [0.1, 0.15) is 0 Å². The maximum absolute atomic E-state index is 5.88. The van der Waals surface area contributed by atoms with Gasteiger partial charge in [0.2, 0.25) is 0 Å². The molecule has 1 saturated heterocycles. The van der Waals surface area contributed by atoms with Crippen molar-refractivity contribution in [2.24, 2.45) is 5.73 Å². The lowest BCUT2D eigenvalue weighted by Crippen LogP contribution is -2.45. The molecule has 1 atom stereocenters. The van der Waals surface area contributed by atoms with Crippen LogP contribution in [0, 0.1) is 6.92 Å². The van der Waals surface area contributed by atoms with Crippen LogP contribution in [0.25, 0.3) is 0 Å². The number of likely N-dealkylation sites (N-methyl/N-ethyl adjacent to an activating group) is 1. The molecule has 0 radical (unpaired) electrons. The van der Waals surface area contributed by atoms with Gasteiger partial charge in [-0.15, -0.1) is 0 Å². The lowest BCUT2D eigenvalue weighted by molar-refractivity contribution is 0.258. The number of piperidine rings is 1. The predicted octanol–water partition coefficient (Wildman–Crippen LogP) is 1.98. The lowest BCUT2D eigenvalue weighted by atomic mass is 10.0. The summed E-state index contributed by atoms with van der Waals surface area (Å²) in [7, 11) is 4.35. The maximum Gasteiger partial charge on any atom is 0.0442 e. The second kappa shape index (κ2) is 5.72. The molecule has 2 rings (SSSR count). The molecular formula is C15H25N3. The molecule has 1 fully saturated rings. The minimum Gasteiger partial charge on any atom is -0.369 e. The number of para-hydroxylation sites is 1. The van der Waals surface area contributed by atoms with Crippen molar-refractivity contribution >= 4 is 5.69 Å². The molecule has 0 saturated carbocycles. The lowest BCUT2D eigenvalue weighted by Gasteiger charge is -2.39. The van der Waals surface area contributed by atoms with E-state index in [2.05, 4.69) is 49.0 Å². The van der Waals surface area contributed by atoms with Gasteiger partial charge in [-0.25, -0.2) is 0 Å². The van der Waals surface area contributed by atoms with Crippen molar-refractivity contribution < 1.29 is 0 Å². The first kappa shape index (κ1) is 13.4. The minimum atomic E-state index is 0.625. The van der Waals surface area contributed by atoms with Crippen LogP contribution in [0.2, 0.25) is 0 Å². The fourth-order valence-corrected chi connectivity index (χ4v) is 2.92. The minimum absolute atomic E-state index is 0.625. The van der Waals surface area contributed by atoms with E-state index < -0.39 is 0 Å². The van der Waals surface area contributed by atoms with E-state index in [1.807, 2.05) is 0 Å². The van der Waals surface area contributed by atoms with Crippen molar-refractivity contribution in [2.75, 3.05) is 32.1 Å². The third kappa shape index (κ3) is 2.68. The summed E-state index contributed by atoms with van der Waals surface area (Å²) in [5.74, 6) is 0. The Labute approximate surface area is 111 Å². The molecular weight excluding hydrogens is 222 g/mol. The Hall–Kier alpha value is -1.06. The van der Waals surface area contributed by atoms with Gasteiger partial charge in [0, 0.05) is 31.4 Å². The monoisotopic (exact) mass is 247 g/mol. The van der Waals surface area contributed by atoms with Crippen molar-refractivity contribution in [1.29, 1.82) is 0 Å². The molecule has 3 nitrogen and oxygen atoms in total. The number of hydrogen-bond acceptors (Lipinski definition) is 3. The van der Waals surface area contributed by atoms with Crippen LogP contribution in [0.4, 0.5) is 5.69 Å². The largest absolute Gasteiger partial charge is 0.369 e. The zero-order chi connectivity index (χ0) is 13.1. The smallest absolute Gasteiger partial charge is 0.0442 e. The van der Waals surface area contributed by atoms with Crippen LogP contribution in [0.3, 0.4) is 0 Å². The molecule has 0 aliphatic carbocycles. The third-order valence-corrected chi connectivity index (χ3v) is 3.98. The fourth-order valence-electron chi connectivity index (χ4n) is 2.92. The highest BCUT2D eigenvalue weighted by molar-refractivity contribution is 5.59. The van der Waals surface area contributed by atoms with Gasteiger partial charge in [0.15, 0.2) is 0 Å². The van der Waals surface area contributed by atoms with E-state index in [-0.39, 0.29) is 0 Å². The number of aryl methyl sites for hydroxylation is 1. The van der Waals surface area contributed by atoms with Gasteiger partial charge < -0.3 is 15.5 Å². The van der Waals surface area contributed by atoms with E-state index in [4.69, 9.17) is 5.73 Å². The molecule has 3 heteroatoms. The van der Waals surface area contributed by atoms with Gasteiger partial charge in [-0.2, -0.15) is 0 Å². The summed E-state index contributed by atoms with van der Waals surface area (Å²) in [6, 6.07) is 7.10. The van der Waals surface area contributed by atoms with Crippen LogP contribution in [-0.4, -0.2) is 38.1 Å². The van der Waals surface area contributed by atoms with Gasteiger partial charge in [-0.05, 0) is 45.0 Å².